The van der Waals surface area contributed by atoms with Crippen LogP contribution in [0.25, 0.3) is 0 Å². The molecule has 2 aromatic carbocycles. The molecular weight excluding hydrogens is 284 g/mol. The number of benzene rings is 2. The molecule has 21 heavy (non-hydrogen) atoms. The molecule has 0 saturated heterocycles. The van der Waals surface area contributed by atoms with Crippen molar-refractivity contribution in [3.63, 3.8) is 0 Å². The summed E-state index contributed by atoms with van der Waals surface area (Å²) in [5, 5.41) is 6.69. The third kappa shape index (κ3) is 4.06. The van der Waals surface area contributed by atoms with E-state index in [4.69, 9.17) is 11.6 Å². The van der Waals surface area contributed by atoms with E-state index in [1.54, 1.807) is 24.3 Å². The van der Waals surface area contributed by atoms with E-state index in [2.05, 4.69) is 24.5 Å². The lowest BCUT2D eigenvalue weighted by atomic mass is 10.1. The predicted molar refractivity (Wildman–Crippen MR) is 87.9 cm³/mol. The molecule has 1 amide bonds. The number of carbonyl (C=O) groups excluding carboxylic acids is 1. The molecule has 1 atom stereocenters. The zero-order valence-corrected chi connectivity index (χ0v) is 12.9. The van der Waals surface area contributed by atoms with E-state index in [-0.39, 0.29) is 11.9 Å². The molecule has 0 aliphatic rings. The lowest BCUT2D eigenvalue weighted by Gasteiger charge is -2.14. The van der Waals surface area contributed by atoms with Crippen molar-refractivity contribution in [2.45, 2.75) is 19.9 Å². The molecule has 1 unspecified atom stereocenters. The molecule has 2 N–H and O–H groups in total. The van der Waals surface area contributed by atoms with Crippen molar-refractivity contribution in [3.8, 4) is 0 Å². The van der Waals surface area contributed by atoms with Crippen LogP contribution in [0.5, 0.6) is 0 Å². The number of hydrogen-bond acceptors (Lipinski definition) is 2. The van der Waals surface area contributed by atoms with E-state index in [0.717, 1.165) is 17.8 Å². The maximum absolute atomic E-state index is 12.2. The first kappa shape index (κ1) is 15.5. The van der Waals surface area contributed by atoms with E-state index in [9.17, 15) is 4.79 Å². The fourth-order valence-electron chi connectivity index (χ4n) is 2.15. The van der Waals surface area contributed by atoms with Crippen molar-refractivity contribution in [3.05, 3.63) is 64.7 Å². The minimum absolute atomic E-state index is 0.200. The average molecular weight is 303 g/mol. The smallest absolute Gasteiger partial charge is 0.257 e. The minimum atomic E-state index is -0.200. The van der Waals surface area contributed by atoms with Gasteiger partial charge >= 0.3 is 0 Å². The Bertz CT molecular complexity index is 628. The molecule has 0 spiro atoms. The van der Waals surface area contributed by atoms with Gasteiger partial charge in [0.2, 0.25) is 0 Å². The lowest BCUT2D eigenvalue weighted by Crippen LogP contribution is -2.18. The Hall–Kier alpha value is -1.84. The third-order valence-electron chi connectivity index (χ3n) is 3.27. The predicted octanol–water partition coefficient (Wildman–Crippen LogP) is 4.26. The van der Waals surface area contributed by atoms with Crippen LogP contribution in [0, 0.1) is 0 Å². The van der Waals surface area contributed by atoms with Gasteiger partial charge in [0.1, 0.15) is 0 Å². The molecular formula is C17H19ClN2O. The Kier molecular flexibility index (Phi) is 5.37. The Morgan fingerprint density at radius 3 is 2.67 bits per heavy atom. The van der Waals surface area contributed by atoms with Crippen LogP contribution in [-0.2, 0) is 0 Å². The van der Waals surface area contributed by atoms with Gasteiger partial charge in [-0.25, -0.2) is 0 Å². The highest BCUT2D eigenvalue weighted by Gasteiger charge is 2.10. The summed E-state index contributed by atoms with van der Waals surface area (Å²) in [5.41, 5.74) is 2.38. The van der Waals surface area contributed by atoms with Crippen molar-refractivity contribution in [2.75, 3.05) is 11.9 Å². The van der Waals surface area contributed by atoms with Gasteiger partial charge in [-0.3, -0.25) is 4.79 Å². The number of rotatable bonds is 5. The summed E-state index contributed by atoms with van der Waals surface area (Å²) in [7, 11) is 0. The first-order chi connectivity index (χ1) is 10.1. The zero-order valence-electron chi connectivity index (χ0n) is 12.2. The van der Waals surface area contributed by atoms with E-state index in [0.29, 0.717) is 10.6 Å². The molecule has 4 heteroatoms. The number of nitrogens with one attached hydrogen (secondary N) is 2. The molecule has 2 aromatic rings. The average Bonchev–Trinajstić information content (AvgIpc) is 2.48. The van der Waals surface area contributed by atoms with Crippen LogP contribution in [0.15, 0.2) is 48.5 Å². The monoisotopic (exact) mass is 302 g/mol. The fraction of sp³-hybridized carbons (Fsp3) is 0.235. The first-order valence-electron chi connectivity index (χ1n) is 7.01. The minimum Gasteiger partial charge on any atom is -0.322 e. The van der Waals surface area contributed by atoms with E-state index >= 15 is 0 Å². The van der Waals surface area contributed by atoms with Gasteiger partial charge in [-0.15, -0.1) is 0 Å². The Labute approximate surface area is 130 Å². The van der Waals surface area contributed by atoms with E-state index in [1.807, 2.05) is 24.3 Å². The van der Waals surface area contributed by atoms with Crippen molar-refractivity contribution in [2.24, 2.45) is 0 Å². The standard InChI is InChI=1S/C17H19ClN2O/c1-3-19-12(2)13-7-6-8-14(11-13)20-17(21)15-9-4-5-10-16(15)18/h4-12,19H,3H2,1-2H3,(H,20,21). The van der Waals surface area contributed by atoms with Crippen molar-refractivity contribution < 1.29 is 4.79 Å². The Morgan fingerprint density at radius 2 is 1.95 bits per heavy atom. The van der Waals surface area contributed by atoms with Crippen LogP contribution < -0.4 is 10.6 Å². The van der Waals surface area contributed by atoms with Gasteiger partial charge in [0.15, 0.2) is 0 Å². The number of carbonyl (C=O) groups is 1. The molecule has 0 bridgehead atoms. The molecule has 3 nitrogen and oxygen atoms in total. The van der Waals surface area contributed by atoms with Gasteiger partial charge in [0, 0.05) is 11.7 Å². The molecule has 0 aliphatic heterocycles. The maximum Gasteiger partial charge on any atom is 0.257 e. The molecule has 0 fully saturated rings. The Balaban J connectivity index is 2.15. The normalized spacial score (nSPS) is 12.0. The number of halogens is 1. The molecule has 0 radical (unpaired) electrons. The second kappa shape index (κ2) is 7.25. The highest BCUT2D eigenvalue weighted by atomic mass is 35.5. The highest BCUT2D eigenvalue weighted by Crippen LogP contribution is 2.20. The number of amides is 1. The fourth-order valence-corrected chi connectivity index (χ4v) is 2.38. The van der Waals surface area contributed by atoms with Gasteiger partial charge < -0.3 is 10.6 Å². The van der Waals surface area contributed by atoms with Crippen molar-refractivity contribution in [1.29, 1.82) is 0 Å². The van der Waals surface area contributed by atoms with Crippen LogP contribution in [0.1, 0.15) is 35.8 Å². The van der Waals surface area contributed by atoms with Crippen molar-refractivity contribution >= 4 is 23.2 Å². The molecule has 0 heterocycles. The highest BCUT2D eigenvalue weighted by molar-refractivity contribution is 6.34. The number of hydrogen-bond donors (Lipinski definition) is 2. The van der Waals surface area contributed by atoms with Crippen LogP contribution >= 0.6 is 11.6 Å². The third-order valence-corrected chi connectivity index (χ3v) is 3.60. The molecule has 0 aliphatic carbocycles. The van der Waals surface area contributed by atoms with Gasteiger partial charge in [-0.1, -0.05) is 42.8 Å². The van der Waals surface area contributed by atoms with Gasteiger partial charge in [-0.05, 0) is 43.3 Å². The summed E-state index contributed by atoms with van der Waals surface area (Å²) in [5.74, 6) is -0.200. The maximum atomic E-state index is 12.2. The van der Waals surface area contributed by atoms with Gasteiger partial charge in [0.25, 0.3) is 5.91 Å². The van der Waals surface area contributed by atoms with Gasteiger partial charge in [-0.2, -0.15) is 0 Å². The molecule has 110 valence electrons. The van der Waals surface area contributed by atoms with Gasteiger partial charge in [0.05, 0.1) is 10.6 Å². The summed E-state index contributed by atoms with van der Waals surface area (Å²) in [6, 6.07) is 15.1. The molecule has 0 saturated carbocycles. The second-order valence-electron chi connectivity index (χ2n) is 4.84. The lowest BCUT2D eigenvalue weighted by molar-refractivity contribution is 0.102. The summed E-state index contributed by atoms with van der Waals surface area (Å²) in [6.45, 7) is 5.06. The van der Waals surface area contributed by atoms with Crippen LogP contribution in [-0.4, -0.2) is 12.5 Å². The topological polar surface area (TPSA) is 41.1 Å². The Morgan fingerprint density at radius 1 is 1.19 bits per heavy atom. The van der Waals surface area contributed by atoms with E-state index < -0.39 is 0 Å². The van der Waals surface area contributed by atoms with E-state index in [1.165, 1.54) is 0 Å². The first-order valence-corrected chi connectivity index (χ1v) is 7.39. The quantitative estimate of drug-likeness (QED) is 0.866. The van der Waals surface area contributed by atoms with Crippen LogP contribution in [0.3, 0.4) is 0 Å². The SMILES string of the molecule is CCNC(C)c1cccc(NC(=O)c2ccccc2Cl)c1. The van der Waals surface area contributed by atoms with Crippen LogP contribution in [0.4, 0.5) is 5.69 Å². The summed E-state index contributed by atoms with van der Waals surface area (Å²) < 4.78 is 0. The zero-order chi connectivity index (χ0) is 15.2. The second-order valence-corrected chi connectivity index (χ2v) is 5.25. The summed E-state index contributed by atoms with van der Waals surface area (Å²) >= 11 is 6.04. The van der Waals surface area contributed by atoms with Crippen LogP contribution in [0.2, 0.25) is 5.02 Å². The largest absolute Gasteiger partial charge is 0.322 e. The summed E-state index contributed by atoms with van der Waals surface area (Å²) in [4.78, 5) is 12.2. The van der Waals surface area contributed by atoms with Crippen molar-refractivity contribution in [1.82, 2.24) is 5.32 Å². The number of anilines is 1. The molecule has 0 aromatic heterocycles. The molecule has 2 rings (SSSR count). The summed E-state index contributed by atoms with van der Waals surface area (Å²) in [6.07, 6.45) is 0.